The molecule has 0 spiro atoms. The molecule has 8 heteroatoms. The van der Waals surface area contributed by atoms with Crippen molar-refractivity contribution < 1.29 is 4.79 Å². The zero-order valence-corrected chi connectivity index (χ0v) is 16.6. The van der Waals surface area contributed by atoms with E-state index in [4.69, 9.17) is 4.98 Å². The molecular weight excluding hydrogens is 384 g/mol. The first-order valence-corrected chi connectivity index (χ1v) is 9.86. The largest absolute Gasteiger partial charge is 0.319 e. The Morgan fingerprint density at radius 1 is 1.03 bits per heavy atom. The van der Waals surface area contributed by atoms with Gasteiger partial charge in [0.15, 0.2) is 0 Å². The van der Waals surface area contributed by atoms with Crippen molar-refractivity contribution in [3.8, 4) is 10.6 Å². The van der Waals surface area contributed by atoms with Crippen LogP contribution in [0.3, 0.4) is 0 Å². The van der Waals surface area contributed by atoms with Crippen molar-refractivity contribution in [1.82, 2.24) is 24.6 Å². The predicted molar refractivity (Wildman–Crippen MR) is 113 cm³/mol. The number of nitrogens with zero attached hydrogens (tertiary/aromatic N) is 5. The summed E-state index contributed by atoms with van der Waals surface area (Å²) in [6, 6.07) is 15.7. The molecule has 2 aromatic carbocycles. The minimum absolute atomic E-state index is 0.0809. The van der Waals surface area contributed by atoms with E-state index in [-0.39, 0.29) is 11.7 Å². The molecule has 5 aromatic rings. The van der Waals surface area contributed by atoms with E-state index in [1.165, 1.54) is 10.3 Å². The topological polar surface area (TPSA) is 85.1 Å². The Balaban J connectivity index is 1.37. The van der Waals surface area contributed by atoms with Crippen LogP contribution in [0.25, 0.3) is 26.6 Å². The van der Waals surface area contributed by atoms with Gasteiger partial charge in [0.25, 0.3) is 11.7 Å². The molecule has 0 bridgehead atoms. The van der Waals surface area contributed by atoms with Crippen LogP contribution in [0.4, 0.5) is 5.69 Å². The van der Waals surface area contributed by atoms with Crippen LogP contribution in [0, 0.1) is 13.8 Å². The lowest BCUT2D eigenvalue weighted by molar-refractivity contribution is 0.101. The van der Waals surface area contributed by atoms with Gasteiger partial charge in [-0.15, -0.1) is 16.4 Å². The van der Waals surface area contributed by atoms with Crippen molar-refractivity contribution in [3.63, 3.8) is 0 Å². The van der Waals surface area contributed by atoms with Crippen molar-refractivity contribution in [2.45, 2.75) is 13.8 Å². The molecule has 142 valence electrons. The first-order chi connectivity index (χ1) is 14.1. The van der Waals surface area contributed by atoms with Crippen LogP contribution in [-0.4, -0.2) is 30.5 Å². The van der Waals surface area contributed by atoms with E-state index >= 15 is 0 Å². The molecule has 5 rings (SSSR count). The van der Waals surface area contributed by atoms with E-state index in [1.807, 2.05) is 43.3 Å². The third-order valence-corrected chi connectivity index (χ3v) is 5.63. The molecule has 3 aromatic heterocycles. The maximum atomic E-state index is 12.5. The maximum absolute atomic E-state index is 12.5. The summed E-state index contributed by atoms with van der Waals surface area (Å²) in [5.41, 5.74) is 4.75. The fourth-order valence-electron chi connectivity index (χ4n) is 3.04. The Labute approximate surface area is 170 Å². The van der Waals surface area contributed by atoms with Gasteiger partial charge in [0.1, 0.15) is 5.01 Å². The smallest absolute Gasteiger partial charge is 0.295 e. The van der Waals surface area contributed by atoms with Gasteiger partial charge in [0.05, 0.1) is 10.2 Å². The number of amides is 1. The van der Waals surface area contributed by atoms with Gasteiger partial charge in [0.2, 0.25) is 5.82 Å². The average molecular weight is 400 g/mol. The SMILES string of the molecule is Cc1ccc2nc(-c3ccc(NC(=O)c4nc5nccc(C)n5n4)cc3)sc2c1. The van der Waals surface area contributed by atoms with Crippen molar-refractivity contribution in [2.24, 2.45) is 0 Å². The van der Waals surface area contributed by atoms with Crippen LogP contribution in [0.2, 0.25) is 0 Å². The van der Waals surface area contributed by atoms with E-state index in [2.05, 4.69) is 39.4 Å². The number of aryl methyl sites for hydroxylation is 2. The fourth-order valence-corrected chi connectivity index (χ4v) is 4.11. The van der Waals surface area contributed by atoms with E-state index in [9.17, 15) is 4.79 Å². The third-order valence-electron chi connectivity index (χ3n) is 4.57. The summed E-state index contributed by atoms with van der Waals surface area (Å²) in [7, 11) is 0. The lowest BCUT2D eigenvalue weighted by atomic mass is 10.2. The Morgan fingerprint density at radius 3 is 2.66 bits per heavy atom. The normalized spacial score (nSPS) is 11.2. The van der Waals surface area contributed by atoms with E-state index in [0.29, 0.717) is 11.5 Å². The minimum Gasteiger partial charge on any atom is -0.319 e. The van der Waals surface area contributed by atoms with Gasteiger partial charge in [-0.3, -0.25) is 4.79 Å². The molecule has 0 saturated heterocycles. The molecule has 0 aliphatic rings. The maximum Gasteiger partial charge on any atom is 0.295 e. The van der Waals surface area contributed by atoms with Gasteiger partial charge in [0, 0.05) is 23.1 Å². The van der Waals surface area contributed by atoms with Crippen molar-refractivity contribution in [3.05, 3.63) is 71.8 Å². The third kappa shape index (κ3) is 3.23. The van der Waals surface area contributed by atoms with Gasteiger partial charge in [-0.05, 0) is 61.9 Å². The zero-order chi connectivity index (χ0) is 20.0. The molecule has 3 heterocycles. The highest BCUT2D eigenvalue weighted by Crippen LogP contribution is 2.31. The lowest BCUT2D eigenvalue weighted by Gasteiger charge is -2.03. The summed E-state index contributed by atoms with van der Waals surface area (Å²) < 4.78 is 2.71. The van der Waals surface area contributed by atoms with Gasteiger partial charge >= 0.3 is 0 Å². The number of thiazole rings is 1. The fraction of sp³-hybridized carbons (Fsp3) is 0.0952. The standard InChI is InChI=1S/C21H16N6OS/c1-12-3-8-16-17(11-12)29-20(24-16)14-4-6-15(7-5-14)23-19(28)18-25-21-22-10-9-13(2)27(21)26-18/h3-11H,1-2H3,(H,23,28). The number of benzene rings is 2. The van der Waals surface area contributed by atoms with E-state index in [0.717, 1.165) is 21.8 Å². The number of aromatic nitrogens is 5. The summed E-state index contributed by atoms with van der Waals surface area (Å²) in [6.45, 7) is 3.96. The second-order valence-electron chi connectivity index (χ2n) is 6.76. The monoisotopic (exact) mass is 400 g/mol. The summed E-state index contributed by atoms with van der Waals surface area (Å²) in [6.07, 6.45) is 1.64. The number of carbonyl (C=O) groups excluding carboxylic acids is 1. The zero-order valence-electron chi connectivity index (χ0n) is 15.7. The predicted octanol–water partition coefficient (Wildman–Crippen LogP) is 4.27. The van der Waals surface area contributed by atoms with Crippen molar-refractivity contribution in [2.75, 3.05) is 5.32 Å². The summed E-state index contributed by atoms with van der Waals surface area (Å²) >= 11 is 1.66. The molecule has 0 aliphatic carbocycles. The molecule has 29 heavy (non-hydrogen) atoms. The quantitative estimate of drug-likeness (QED) is 0.489. The number of hydrogen-bond acceptors (Lipinski definition) is 6. The number of hydrogen-bond donors (Lipinski definition) is 1. The molecule has 0 radical (unpaired) electrons. The molecule has 0 fully saturated rings. The minimum atomic E-state index is -0.377. The van der Waals surface area contributed by atoms with Crippen LogP contribution in [0.5, 0.6) is 0 Å². The Kier molecular flexibility index (Phi) is 4.06. The van der Waals surface area contributed by atoms with Crippen LogP contribution < -0.4 is 5.32 Å². The average Bonchev–Trinajstić information content (AvgIpc) is 3.33. The highest BCUT2D eigenvalue weighted by atomic mass is 32.1. The molecule has 0 unspecified atom stereocenters. The molecule has 0 aliphatic heterocycles. The van der Waals surface area contributed by atoms with Crippen molar-refractivity contribution in [1.29, 1.82) is 0 Å². The number of fused-ring (bicyclic) bond motifs is 2. The summed E-state index contributed by atoms with van der Waals surface area (Å²) in [5, 5.41) is 8.01. The van der Waals surface area contributed by atoms with Crippen LogP contribution in [0.1, 0.15) is 21.9 Å². The molecule has 0 atom stereocenters. The first-order valence-electron chi connectivity index (χ1n) is 9.04. The number of nitrogens with one attached hydrogen (secondary N) is 1. The van der Waals surface area contributed by atoms with Gasteiger partial charge in [-0.25, -0.2) is 14.5 Å². The second-order valence-corrected chi connectivity index (χ2v) is 7.79. The van der Waals surface area contributed by atoms with Gasteiger partial charge < -0.3 is 5.32 Å². The first kappa shape index (κ1) is 17.4. The Hall–Kier alpha value is -3.65. The van der Waals surface area contributed by atoms with Gasteiger partial charge in [-0.1, -0.05) is 6.07 Å². The van der Waals surface area contributed by atoms with Crippen molar-refractivity contribution >= 4 is 38.9 Å². The van der Waals surface area contributed by atoms with Crippen LogP contribution in [-0.2, 0) is 0 Å². The highest BCUT2D eigenvalue weighted by Gasteiger charge is 2.15. The summed E-state index contributed by atoms with van der Waals surface area (Å²) in [5.74, 6) is 0.104. The number of carbonyl (C=O) groups is 1. The number of rotatable bonds is 3. The highest BCUT2D eigenvalue weighted by molar-refractivity contribution is 7.21. The Bertz CT molecular complexity index is 1370. The Morgan fingerprint density at radius 2 is 1.86 bits per heavy atom. The van der Waals surface area contributed by atoms with Crippen LogP contribution in [0.15, 0.2) is 54.7 Å². The van der Waals surface area contributed by atoms with E-state index < -0.39 is 0 Å². The molecular formula is C21H16N6OS. The molecule has 1 amide bonds. The summed E-state index contributed by atoms with van der Waals surface area (Å²) in [4.78, 5) is 25.5. The van der Waals surface area contributed by atoms with Crippen LogP contribution >= 0.6 is 11.3 Å². The lowest BCUT2D eigenvalue weighted by Crippen LogP contribution is -2.14. The second kappa shape index (κ2) is 6.75. The number of anilines is 1. The molecule has 7 nitrogen and oxygen atoms in total. The van der Waals surface area contributed by atoms with E-state index in [1.54, 1.807) is 22.0 Å². The van der Waals surface area contributed by atoms with Gasteiger partial charge in [-0.2, -0.15) is 4.98 Å². The molecule has 0 saturated carbocycles. The molecule has 1 N–H and O–H groups in total.